The summed E-state index contributed by atoms with van der Waals surface area (Å²) in [5, 5.41) is 8.55. The van der Waals surface area contributed by atoms with Gasteiger partial charge in [-0.15, -0.1) is 0 Å². The highest BCUT2D eigenvalue weighted by Crippen LogP contribution is 2.21. The maximum Gasteiger partial charge on any atom is 0.154 e. The Labute approximate surface area is 100.0 Å². The van der Waals surface area contributed by atoms with Crippen LogP contribution < -0.4 is 5.73 Å². The lowest BCUT2D eigenvalue weighted by Gasteiger charge is -2.20. The predicted octanol–water partition coefficient (Wildman–Crippen LogP) is 0.745. The molecule has 0 saturated carbocycles. The minimum absolute atomic E-state index is 0.484. The molecule has 0 radical (unpaired) electrons. The molecular weight excluding hydrogens is 250 g/mol. The Morgan fingerprint density at radius 3 is 2.56 bits per heavy atom. The zero-order valence-electron chi connectivity index (χ0n) is 8.80. The topological polar surface area (TPSA) is 80.4 Å². The molecule has 0 aliphatic heterocycles. The fourth-order valence-corrected chi connectivity index (χ4v) is 2.60. The number of rotatable bonds is 4. The van der Waals surface area contributed by atoms with Crippen LogP contribution in [0, 0.1) is 0 Å². The molecule has 1 rings (SSSR count). The van der Waals surface area contributed by atoms with Crippen LogP contribution in [0.2, 0.25) is 5.02 Å². The van der Waals surface area contributed by atoms with Crippen molar-refractivity contribution >= 4 is 21.4 Å². The number of halogens is 1. The molecule has 1 aromatic carbocycles. The summed E-state index contributed by atoms with van der Waals surface area (Å²) >= 11 is 5.78. The Balaban J connectivity index is 3.05. The van der Waals surface area contributed by atoms with Crippen molar-refractivity contribution in [3.63, 3.8) is 0 Å². The largest absolute Gasteiger partial charge is 0.395 e. The van der Waals surface area contributed by atoms with E-state index in [2.05, 4.69) is 0 Å². The molecule has 0 spiro atoms. The van der Waals surface area contributed by atoms with E-state index in [4.69, 9.17) is 22.4 Å². The van der Waals surface area contributed by atoms with Crippen molar-refractivity contribution in [2.24, 2.45) is 5.73 Å². The van der Waals surface area contributed by atoms with Gasteiger partial charge in [0.1, 0.15) is 5.25 Å². The van der Waals surface area contributed by atoms with Crippen molar-refractivity contribution in [3.8, 4) is 0 Å². The second kappa shape index (κ2) is 5.14. The van der Waals surface area contributed by atoms with Crippen LogP contribution >= 0.6 is 11.6 Å². The fraction of sp³-hybridized carbons (Fsp3) is 0.400. The van der Waals surface area contributed by atoms with Crippen LogP contribution in [0.15, 0.2) is 24.3 Å². The molecule has 0 aliphatic rings. The summed E-state index contributed by atoms with van der Waals surface area (Å²) in [6, 6.07) is 5.86. The Morgan fingerprint density at radius 1 is 1.50 bits per heavy atom. The van der Waals surface area contributed by atoms with Gasteiger partial charge in [0.2, 0.25) is 0 Å². The van der Waals surface area contributed by atoms with Gasteiger partial charge >= 0.3 is 0 Å². The molecule has 16 heavy (non-hydrogen) atoms. The van der Waals surface area contributed by atoms with Gasteiger partial charge in [-0.1, -0.05) is 23.7 Å². The number of nitrogens with two attached hydrogens (primary N) is 1. The van der Waals surface area contributed by atoms with Crippen molar-refractivity contribution < 1.29 is 13.5 Å². The van der Waals surface area contributed by atoms with Crippen LogP contribution in [-0.4, -0.2) is 31.6 Å². The van der Waals surface area contributed by atoms with Gasteiger partial charge in [0.15, 0.2) is 9.84 Å². The number of benzene rings is 1. The average Bonchev–Trinajstić information content (AvgIpc) is 2.16. The first-order valence-electron chi connectivity index (χ1n) is 4.67. The molecule has 0 aromatic heterocycles. The van der Waals surface area contributed by atoms with Crippen molar-refractivity contribution in [1.82, 2.24) is 0 Å². The Hall–Kier alpha value is -0.620. The maximum atomic E-state index is 11.4. The van der Waals surface area contributed by atoms with Crippen LogP contribution in [0.25, 0.3) is 0 Å². The summed E-state index contributed by atoms with van der Waals surface area (Å²) in [7, 11) is -3.39. The van der Waals surface area contributed by atoms with E-state index < -0.39 is 27.7 Å². The summed E-state index contributed by atoms with van der Waals surface area (Å²) in [6.07, 6.45) is 1.05. The quantitative estimate of drug-likeness (QED) is 0.840. The molecule has 4 nitrogen and oxygen atoms in total. The first-order valence-corrected chi connectivity index (χ1v) is 7.00. The lowest BCUT2D eigenvalue weighted by atomic mass is 10.1. The normalized spacial score (nSPS) is 15.8. The molecule has 0 bridgehead atoms. The SMILES string of the molecule is CS(=O)(=O)[C@H](CO)[C@H](N)c1cccc(Cl)c1. The van der Waals surface area contributed by atoms with Crippen molar-refractivity contribution in [3.05, 3.63) is 34.9 Å². The van der Waals surface area contributed by atoms with Gasteiger partial charge in [-0.3, -0.25) is 0 Å². The molecule has 90 valence electrons. The Bertz CT molecular complexity index is 461. The molecule has 6 heteroatoms. The third-order valence-electron chi connectivity index (χ3n) is 2.36. The lowest BCUT2D eigenvalue weighted by Crippen LogP contribution is -2.36. The highest BCUT2D eigenvalue weighted by molar-refractivity contribution is 7.91. The summed E-state index contributed by atoms with van der Waals surface area (Å²) in [6.45, 7) is -0.507. The van der Waals surface area contributed by atoms with Crippen molar-refractivity contribution in [1.29, 1.82) is 0 Å². The molecule has 0 fully saturated rings. The maximum absolute atomic E-state index is 11.4. The van der Waals surface area contributed by atoms with E-state index in [1.54, 1.807) is 24.3 Å². The molecule has 1 aromatic rings. The third-order valence-corrected chi connectivity index (χ3v) is 4.14. The fourth-order valence-electron chi connectivity index (χ4n) is 1.44. The first-order chi connectivity index (χ1) is 7.36. The van der Waals surface area contributed by atoms with Gasteiger partial charge < -0.3 is 10.8 Å². The Kier molecular flexibility index (Phi) is 4.32. The molecule has 0 heterocycles. The van der Waals surface area contributed by atoms with Gasteiger partial charge in [0.25, 0.3) is 0 Å². The molecule has 0 saturated heterocycles. The van der Waals surface area contributed by atoms with E-state index in [0.717, 1.165) is 6.26 Å². The molecule has 0 unspecified atom stereocenters. The van der Waals surface area contributed by atoms with Crippen LogP contribution in [0.5, 0.6) is 0 Å². The smallest absolute Gasteiger partial charge is 0.154 e. The summed E-state index contributed by atoms with van der Waals surface area (Å²) in [5.41, 5.74) is 6.40. The van der Waals surface area contributed by atoms with E-state index in [1.807, 2.05) is 0 Å². The van der Waals surface area contributed by atoms with Gasteiger partial charge in [-0.05, 0) is 17.7 Å². The highest BCUT2D eigenvalue weighted by Gasteiger charge is 2.28. The standard InChI is InChI=1S/C10H14ClNO3S/c1-16(14,15)9(6-13)10(12)7-3-2-4-8(11)5-7/h2-5,9-10,13H,6,12H2,1H3/t9-,10-/m1/s1. The second-order valence-corrected chi connectivity index (χ2v) is 6.33. The minimum atomic E-state index is -3.39. The van der Waals surface area contributed by atoms with E-state index in [9.17, 15) is 8.42 Å². The number of aliphatic hydroxyl groups is 1. The highest BCUT2D eigenvalue weighted by atomic mass is 35.5. The lowest BCUT2D eigenvalue weighted by molar-refractivity contribution is 0.278. The third kappa shape index (κ3) is 3.18. The van der Waals surface area contributed by atoms with Crippen LogP contribution in [0.3, 0.4) is 0 Å². The number of hydrogen-bond acceptors (Lipinski definition) is 4. The number of aliphatic hydroxyl groups excluding tert-OH is 1. The average molecular weight is 264 g/mol. The zero-order valence-corrected chi connectivity index (χ0v) is 10.4. The van der Waals surface area contributed by atoms with Gasteiger partial charge in [-0.25, -0.2) is 8.42 Å². The van der Waals surface area contributed by atoms with Crippen LogP contribution in [0.1, 0.15) is 11.6 Å². The van der Waals surface area contributed by atoms with E-state index in [0.29, 0.717) is 10.6 Å². The molecule has 0 amide bonds. The minimum Gasteiger partial charge on any atom is -0.395 e. The molecule has 2 atom stereocenters. The van der Waals surface area contributed by atoms with Gasteiger partial charge in [0.05, 0.1) is 6.61 Å². The van der Waals surface area contributed by atoms with E-state index >= 15 is 0 Å². The van der Waals surface area contributed by atoms with E-state index in [-0.39, 0.29) is 0 Å². The molecule has 3 N–H and O–H groups in total. The number of sulfone groups is 1. The molecular formula is C10H14ClNO3S. The van der Waals surface area contributed by atoms with Crippen LogP contribution in [0.4, 0.5) is 0 Å². The summed E-state index contributed by atoms with van der Waals surface area (Å²) in [5.74, 6) is 0. The molecule has 0 aliphatic carbocycles. The monoisotopic (exact) mass is 263 g/mol. The predicted molar refractivity (Wildman–Crippen MR) is 64.1 cm³/mol. The second-order valence-electron chi connectivity index (χ2n) is 3.63. The van der Waals surface area contributed by atoms with Gasteiger partial charge in [0, 0.05) is 17.3 Å². The number of hydrogen-bond donors (Lipinski definition) is 2. The van der Waals surface area contributed by atoms with Crippen LogP contribution in [-0.2, 0) is 9.84 Å². The summed E-state index contributed by atoms with van der Waals surface area (Å²) < 4.78 is 22.8. The van der Waals surface area contributed by atoms with Gasteiger partial charge in [-0.2, -0.15) is 0 Å². The zero-order chi connectivity index (χ0) is 12.3. The van der Waals surface area contributed by atoms with Crippen molar-refractivity contribution in [2.75, 3.05) is 12.9 Å². The summed E-state index contributed by atoms with van der Waals surface area (Å²) in [4.78, 5) is 0. The van der Waals surface area contributed by atoms with Crippen molar-refractivity contribution in [2.45, 2.75) is 11.3 Å². The van der Waals surface area contributed by atoms with E-state index in [1.165, 1.54) is 0 Å². The first kappa shape index (κ1) is 13.4. The Morgan fingerprint density at radius 2 is 2.12 bits per heavy atom.